The third-order valence-electron chi connectivity index (χ3n) is 2.52. The SMILES string of the molecule is CCN(CC)CCN(CC)CC.[Cu]. The van der Waals surface area contributed by atoms with Gasteiger partial charge in [-0.15, -0.1) is 0 Å². The van der Waals surface area contributed by atoms with Gasteiger partial charge in [-0.1, -0.05) is 27.7 Å². The van der Waals surface area contributed by atoms with E-state index in [4.69, 9.17) is 0 Å². The molecule has 0 amide bonds. The van der Waals surface area contributed by atoms with Crippen LogP contribution in [0.15, 0.2) is 0 Å². The number of rotatable bonds is 7. The minimum Gasteiger partial charge on any atom is -0.303 e. The summed E-state index contributed by atoms with van der Waals surface area (Å²) >= 11 is 0. The molecule has 0 aliphatic carbocycles. The van der Waals surface area contributed by atoms with Crippen molar-refractivity contribution in [3.05, 3.63) is 0 Å². The largest absolute Gasteiger partial charge is 0.303 e. The predicted molar refractivity (Wildman–Crippen MR) is 55.6 cm³/mol. The third-order valence-corrected chi connectivity index (χ3v) is 2.52. The van der Waals surface area contributed by atoms with E-state index >= 15 is 0 Å². The van der Waals surface area contributed by atoms with E-state index in [2.05, 4.69) is 37.5 Å². The zero-order valence-corrected chi connectivity index (χ0v) is 10.4. The molecule has 0 atom stereocenters. The molecule has 0 aromatic rings. The van der Waals surface area contributed by atoms with E-state index in [1.807, 2.05) is 0 Å². The van der Waals surface area contributed by atoms with Crippen molar-refractivity contribution in [1.29, 1.82) is 0 Å². The summed E-state index contributed by atoms with van der Waals surface area (Å²) in [5.74, 6) is 0. The van der Waals surface area contributed by atoms with Crippen LogP contribution in [0.25, 0.3) is 0 Å². The normalized spacial score (nSPS) is 10.6. The van der Waals surface area contributed by atoms with E-state index < -0.39 is 0 Å². The van der Waals surface area contributed by atoms with Gasteiger partial charge in [0.1, 0.15) is 0 Å². The Morgan fingerprint density at radius 3 is 1.00 bits per heavy atom. The first-order valence-corrected chi connectivity index (χ1v) is 5.23. The van der Waals surface area contributed by atoms with Crippen molar-refractivity contribution in [1.82, 2.24) is 9.80 Å². The molecule has 0 heterocycles. The van der Waals surface area contributed by atoms with E-state index in [1.54, 1.807) is 0 Å². The van der Waals surface area contributed by atoms with Gasteiger partial charge >= 0.3 is 0 Å². The maximum absolute atomic E-state index is 2.47. The molecule has 0 N–H and O–H groups in total. The zero-order valence-electron chi connectivity index (χ0n) is 9.44. The van der Waals surface area contributed by atoms with Gasteiger partial charge in [0.2, 0.25) is 0 Å². The second-order valence-corrected chi connectivity index (χ2v) is 3.05. The number of hydrogen-bond donors (Lipinski definition) is 0. The molecular weight excluding hydrogens is 212 g/mol. The summed E-state index contributed by atoms with van der Waals surface area (Å²) < 4.78 is 0. The molecule has 0 unspecified atom stereocenters. The molecule has 0 spiro atoms. The Bertz CT molecular complexity index is 78.9. The minimum absolute atomic E-state index is 0. The first-order valence-electron chi connectivity index (χ1n) is 5.23. The summed E-state index contributed by atoms with van der Waals surface area (Å²) in [5, 5.41) is 0. The van der Waals surface area contributed by atoms with Crippen LogP contribution in [0.2, 0.25) is 0 Å². The van der Waals surface area contributed by atoms with Gasteiger partial charge in [0.05, 0.1) is 0 Å². The maximum Gasteiger partial charge on any atom is 0.0109 e. The molecule has 85 valence electrons. The Kier molecular flexibility index (Phi) is 12.9. The fourth-order valence-corrected chi connectivity index (χ4v) is 1.36. The molecule has 0 rings (SSSR count). The van der Waals surface area contributed by atoms with Crippen molar-refractivity contribution >= 4 is 0 Å². The molecule has 0 saturated heterocycles. The standard InChI is InChI=1S/C10H24N2.Cu/c1-5-11(6-2)9-10-12(7-3)8-4;/h5-10H2,1-4H3;. The fraction of sp³-hybridized carbons (Fsp3) is 1.00. The molecule has 3 heteroatoms. The summed E-state index contributed by atoms with van der Waals surface area (Å²) in [6.07, 6.45) is 0. The minimum atomic E-state index is 0. The molecule has 1 radical (unpaired) electrons. The Morgan fingerprint density at radius 1 is 0.615 bits per heavy atom. The summed E-state index contributed by atoms with van der Waals surface area (Å²) in [6.45, 7) is 16.1. The van der Waals surface area contributed by atoms with Gasteiger partial charge in [-0.3, -0.25) is 0 Å². The molecule has 0 aliphatic rings. The summed E-state index contributed by atoms with van der Waals surface area (Å²) in [7, 11) is 0. The van der Waals surface area contributed by atoms with Crippen LogP contribution in [0.4, 0.5) is 0 Å². The Balaban J connectivity index is 0. The molecule has 0 fully saturated rings. The number of nitrogens with zero attached hydrogens (tertiary/aromatic N) is 2. The average molecular weight is 236 g/mol. The summed E-state index contributed by atoms with van der Waals surface area (Å²) in [4.78, 5) is 4.94. The molecule has 0 aliphatic heterocycles. The van der Waals surface area contributed by atoms with Crippen molar-refractivity contribution < 1.29 is 17.1 Å². The van der Waals surface area contributed by atoms with Crippen molar-refractivity contribution in [3.8, 4) is 0 Å². The third kappa shape index (κ3) is 7.51. The maximum atomic E-state index is 2.47. The van der Waals surface area contributed by atoms with Crippen LogP contribution in [0, 0.1) is 0 Å². The van der Waals surface area contributed by atoms with Crippen molar-refractivity contribution in [3.63, 3.8) is 0 Å². The Hall–Kier alpha value is 0.439. The smallest absolute Gasteiger partial charge is 0.0109 e. The van der Waals surface area contributed by atoms with E-state index in [0.717, 1.165) is 0 Å². The number of hydrogen-bond acceptors (Lipinski definition) is 2. The molecular formula is C10H24CuN2. The summed E-state index contributed by atoms with van der Waals surface area (Å²) in [5.41, 5.74) is 0. The first kappa shape index (κ1) is 15.9. The van der Waals surface area contributed by atoms with Crippen LogP contribution in [0.3, 0.4) is 0 Å². The predicted octanol–water partition coefficient (Wildman–Crippen LogP) is 1.67. The van der Waals surface area contributed by atoms with Gasteiger partial charge in [-0.05, 0) is 26.2 Å². The average Bonchev–Trinajstić information content (AvgIpc) is 2.13. The van der Waals surface area contributed by atoms with Crippen LogP contribution >= 0.6 is 0 Å². The molecule has 2 nitrogen and oxygen atoms in total. The fourth-order valence-electron chi connectivity index (χ4n) is 1.36. The van der Waals surface area contributed by atoms with Crippen LogP contribution in [-0.2, 0) is 17.1 Å². The monoisotopic (exact) mass is 235 g/mol. The Labute approximate surface area is 94.1 Å². The molecule has 0 aromatic heterocycles. The molecule has 0 aromatic carbocycles. The van der Waals surface area contributed by atoms with Crippen LogP contribution in [-0.4, -0.2) is 49.1 Å². The zero-order chi connectivity index (χ0) is 9.40. The van der Waals surface area contributed by atoms with Gasteiger partial charge in [0.25, 0.3) is 0 Å². The first-order chi connectivity index (χ1) is 5.78. The van der Waals surface area contributed by atoms with Crippen molar-refractivity contribution in [2.45, 2.75) is 27.7 Å². The van der Waals surface area contributed by atoms with Gasteiger partial charge < -0.3 is 9.80 Å². The van der Waals surface area contributed by atoms with E-state index in [-0.39, 0.29) is 17.1 Å². The van der Waals surface area contributed by atoms with Crippen molar-refractivity contribution in [2.24, 2.45) is 0 Å². The van der Waals surface area contributed by atoms with Gasteiger partial charge in [0.15, 0.2) is 0 Å². The van der Waals surface area contributed by atoms with E-state index in [0.29, 0.717) is 0 Å². The second kappa shape index (κ2) is 10.5. The van der Waals surface area contributed by atoms with Crippen LogP contribution in [0.5, 0.6) is 0 Å². The topological polar surface area (TPSA) is 6.48 Å². The quantitative estimate of drug-likeness (QED) is 0.620. The second-order valence-electron chi connectivity index (χ2n) is 3.05. The van der Waals surface area contributed by atoms with Crippen LogP contribution < -0.4 is 0 Å². The van der Waals surface area contributed by atoms with E-state index in [1.165, 1.54) is 39.3 Å². The van der Waals surface area contributed by atoms with Crippen molar-refractivity contribution in [2.75, 3.05) is 39.3 Å². The molecule has 0 saturated carbocycles. The molecule has 13 heavy (non-hydrogen) atoms. The van der Waals surface area contributed by atoms with Crippen LogP contribution in [0.1, 0.15) is 27.7 Å². The van der Waals surface area contributed by atoms with Gasteiger partial charge in [0, 0.05) is 30.2 Å². The summed E-state index contributed by atoms with van der Waals surface area (Å²) in [6, 6.07) is 0. The van der Waals surface area contributed by atoms with Gasteiger partial charge in [-0.2, -0.15) is 0 Å². The molecule has 0 bridgehead atoms. The van der Waals surface area contributed by atoms with Gasteiger partial charge in [-0.25, -0.2) is 0 Å². The van der Waals surface area contributed by atoms with E-state index in [9.17, 15) is 0 Å². The number of likely N-dealkylation sites (N-methyl/N-ethyl adjacent to an activating group) is 2. The Morgan fingerprint density at radius 2 is 0.846 bits per heavy atom.